The van der Waals surface area contributed by atoms with Crippen LogP contribution < -0.4 is 0 Å². The van der Waals surface area contributed by atoms with Gasteiger partial charge in [0.15, 0.2) is 17.2 Å². The molecule has 1 aliphatic heterocycles. The maximum Gasteiger partial charge on any atom is 0.276 e. The quantitative estimate of drug-likeness (QED) is 0.548. The third kappa shape index (κ3) is 2.92. The summed E-state index contributed by atoms with van der Waals surface area (Å²) in [5.74, 6) is 1.40. The lowest BCUT2D eigenvalue weighted by molar-refractivity contribution is 0.0780. The second-order valence-electron chi connectivity index (χ2n) is 6.99. The van der Waals surface area contributed by atoms with Crippen molar-refractivity contribution >= 4 is 11.6 Å². The van der Waals surface area contributed by atoms with Crippen molar-refractivity contribution in [2.75, 3.05) is 13.1 Å². The van der Waals surface area contributed by atoms with Crippen LogP contribution in [0, 0.1) is 6.92 Å². The molecule has 1 amide bonds. The average molecular weight is 374 g/mol. The Morgan fingerprint density at radius 1 is 1.18 bits per heavy atom. The smallest absolute Gasteiger partial charge is 0.276 e. The van der Waals surface area contributed by atoms with E-state index in [1.807, 2.05) is 30.5 Å². The van der Waals surface area contributed by atoms with Gasteiger partial charge in [0.25, 0.3) is 5.91 Å². The molecule has 1 atom stereocenters. The van der Waals surface area contributed by atoms with E-state index in [4.69, 9.17) is 4.52 Å². The van der Waals surface area contributed by atoms with Gasteiger partial charge in [-0.3, -0.25) is 9.78 Å². The van der Waals surface area contributed by atoms with Gasteiger partial charge in [0.05, 0.1) is 0 Å². The van der Waals surface area contributed by atoms with Crippen molar-refractivity contribution in [3.05, 3.63) is 66.2 Å². The van der Waals surface area contributed by atoms with Crippen molar-refractivity contribution in [2.45, 2.75) is 19.3 Å². The number of rotatable bonds is 3. The van der Waals surface area contributed by atoms with Crippen LogP contribution in [0.5, 0.6) is 0 Å². The molecule has 0 aliphatic carbocycles. The highest BCUT2D eigenvalue weighted by Gasteiger charge is 2.31. The Bertz CT molecular complexity index is 1150. The number of amides is 1. The predicted octanol–water partition coefficient (Wildman–Crippen LogP) is 2.72. The van der Waals surface area contributed by atoms with Gasteiger partial charge in [-0.25, -0.2) is 9.50 Å². The molecule has 4 aromatic heterocycles. The number of hydrogen-bond acceptors (Lipinski definition) is 6. The molecule has 0 saturated carbocycles. The number of likely N-dealkylation sites (tertiary alicyclic amines) is 1. The van der Waals surface area contributed by atoms with Gasteiger partial charge in [0.2, 0.25) is 0 Å². The molecule has 0 radical (unpaired) electrons. The summed E-state index contributed by atoms with van der Waals surface area (Å²) >= 11 is 0. The molecule has 28 heavy (non-hydrogen) atoms. The lowest BCUT2D eigenvalue weighted by Gasteiger charge is -2.13. The first kappa shape index (κ1) is 16.6. The lowest BCUT2D eigenvalue weighted by atomic mass is 10.1. The van der Waals surface area contributed by atoms with E-state index in [0.717, 1.165) is 29.0 Å². The fraction of sp³-hybridized carbons (Fsp3) is 0.250. The van der Waals surface area contributed by atoms with Gasteiger partial charge in [-0.2, -0.15) is 5.10 Å². The van der Waals surface area contributed by atoms with Crippen LogP contribution >= 0.6 is 0 Å². The Morgan fingerprint density at radius 2 is 2.04 bits per heavy atom. The molecule has 1 fully saturated rings. The van der Waals surface area contributed by atoms with Crippen LogP contribution in [-0.4, -0.2) is 48.6 Å². The monoisotopic (exact) mass is 374 g/mol. The second-order valence-corrected chi connectivity index (χ2v) is 6.99. The SMILES string of the molecule is Cc1cc(C(=O)N2CC[C@H](c3nc4ccc(-c5ccncc5)cn4n3)C2)no1. The van der Waals surface area contributed by atoms with E-state index in [2.05, 4.69) is 20.2 Å². The molecular weight excluding hydrogens is 356 g/mol. The summed E-state index contributed by atoms with van der Waals surface area (Å²) in [7, 11) is 0. The summed E-state index contributed by atoms with van der Waals surface area (Å²) in [6.07, 6.45) is 6.34. The average Bonchev–Trinajstić information content (AvgIpc) is 3.46. The zero-order valence-corrected chi connectivity index (χ0v) is 15.3. The number of aryl methyl sites for hydroxylation is 1. The first-order chi connectivity index (χ1) is 13.7. The number of fused-ring (bicyclic) bond motifs is 1. The van der Waals surface area contributed by atoms with Gasteiger partial charge >= 0.3 is 0 Å². The molecule has 0 unspecified atom stereocenters. The van der Waals surface area contributed by atoms with Gasteiger partial charge in [-0.1, -0.05) is 5.16 Å². The van der Waals surface area contributed by atoms with E-state index in [0.29, 0.717) is 24.5 Å². The Kier molecular flexibility index (Phi) is 3.89. The largest absolute Gasteiger partial charge is 0.361 e. The molecule has 4 aromatic rings. The third-order valence-corrected chi connectivity index (χ3v) is 5.05. The Balaban J connectivity index is 1.37. The molecule has 1 saturated heterocycles. The summed E-state index contributed by atoms with van der Waals surface area (Å²) in [6.45, 7) is 3.02. The van der Waals surface area contributed by atoms with Gasteiger partial charge in [0, 0.05) is 49.2 Å². The van der Waals surface area contributed by atoms with Crippen LogP contribution in [0.1, 0.15) is 34.4 Å². The van der Waals surface area contributed by atoms with Gasteiger partial charge in [-0.05, 0) is 43.2 Å². The third-order valence-electron chi connectivity index (χ3n) is 5.05. The van der Waals surface area contributed by atoms with E-state index >= 15 is 0 Å². The molecule has 1 aliphatic rings. The minimum atomic E-state index is -0.108. The van der Waals surface area contributed by atoms with Crippen LogP contribution in [0.2, 0.25) is 0 Å². The zero-order valence-electron chi connectivity index (χ0n) is 15.3. The molecule has 140 valence electrons. The molecule has 8 nitrogen and oxygen atoms in total. The number of carbonyl (C=O) groups excluding carboxylic acids is 1. The predicted molar refractivity (Wildman–Crippen MR) is 101 cm³/mol. The van der Waals surface area contributed by atoms with E-state index in [-0.39, 0.29) is 11.8 Å². The summed E-state index contributed by atoms with van der Waals surface area (Å²) < 4.78 is 6.82. The molecule has 8 heteroatoms. The highest BCUT2D eigenvalue weighted by Crippen LogP contribution is 2.27. The maximum absolute atomic E-state index is 12.6. The molecule has 0 N–H and O–H groups in total. The first-order valence-electron chi connectivity index (χ1n) is 9.17. The zero-order chi connectivity index (χ0) is 19.1. The minimum absolute atomic E-state index is 0.108. The lowest BCUT2D eigenvalue weighted by Crippen LogP contribution is -2.28. The van der Waals surface area contributed by atoms with Crippen LogP contribution in [0.4, 0.5) is 0 Å². The maximum atomic E-state index is 12.6. The fourth-order valence-corrected chi connectivity index (χ4v) is 3.57. The number of nitrogens with zero attached hydrogens (tertiary/aromatic N) is 6. The highest BCUT2D eigenvalue weighted by atomic mass is 16.5. The van der Waals surface area contributed by atoms with E-state index < -0.39 is 0 Å². The van der Waals surface area contributed by atoms with Gasteiger partial charge < -0.3 is 9.42 Å². The van der Waals surface area contributed by atoms with Crippen LogP contribution in [0.15, 0.2) is 53.4 Å². The molecule has 0 spiro atoms. The van der Waals surface area contributed by atoms with E-state index in [1.54, 1.807) is 34.8 Å². The second kappa shape index (κ2) is 6.56. The number of pyridine rings is 2. The van der Waals surface area contributed by atoms with Crippen molar-refractivity contribution in [1.29, 1.82) is 0 Å². The molecular formula is C20H18N6O2. The van der Waals surface area contributed by atoms with E-state index in [9.17, 15) is 4.79 Å². The van der Waals surface area contributed by atoms with Crippen molar-refractivity contribution in [3.8, 4) is 11.1 Å². The topological polar surface area (TPSA) is 89.4 Å². The number of hydrogen-bond donors (Lipinski definition) is 0. The highest BCUT2D eigenvalue weighted by molar-refractivity contribution is 5.92. The number of carbonyl (C=O) groups is 1. The summed E-state index contributed by atoms with van der Waals surface area (Å²) in [6, 6.07) is 9.58. The van der Waals surface area contributed by atoms with Crippen molar-refractivity contribution in [1.82, 2.24) is 29.6 Å². The summed E-state index contributed by atoms with van der Waals surface area (Å²) in [4.78, 5) is 23.1. The van der Waals surface area contributed by atoms with Gasteiger partial charge in [0.1, 0.15) is 5.76 Å². The Morgan fingerprint density at radius 3 is 2.82 bits per heavy atom. The minimum Gasteiger partial charge on any atom is -0.361 e. The number of aromatic nitrogens is 5. The summed E-state index contributed by atoms with van der Waals surface area (Å²) in [5.41, 5.74) is 3.28. The van der Waals surface area contributed by atoms with Gasteiger partial charge in [-0.15, -0.1) is 0 Å². The van der Waals surface area contributed by atoms with Crippen LogP contribution in [-0.2, 0) is 0 Å². The normalized spacial score (nSPS) is 16.8. The fourth-order valence-electron chi connectivity index (χ4n) is 3.57. The first-order valence-corrected chi connectivity index (χ1v) is 9.17. The van der Waals surface area contributed by atoms with Crippen molar-refractivity contribution < 1.29 is 9.32 Å². The van der Waals surface area contributed by atoms with Crippen molar-refractivity contribution in [2.24, 2.45) is 0 Å². The standard InChI is InChI=1S/C20H18N6O2/c1-13-10-17(24-28-13)20(27)25-9-6-16(11-25)19-22-18-3-2-15(12-26(18)23-19)14-4-7-21-8-5-14/h2-5,7-8,10,12,16H,6,9,11H2,1H3/t16-/m0/s1. The van der Waals surface area contributed by atoms with Crippen molar-refractivity contribution in [3.63, 3.8) is 0 Å². The Hall–Kier alpha value is -3.55. The molecule has 0 aromatic carbocycles. The summed E-state index contributed by atoms with van der Waals surface area (Å²) in [5, 5.41) is 8.49. The van der Waals surface area contributed by atoms with Crippen LogP contribution in [0.25, 0.3) is 16.8 Å². The molecule has 0 bridgehead atoms. The van der Waals surface area contributed by atoms with E-state index in [1.165, 1.54) is 0 Å². The Labute approximate surface area is 160 Å². The molecule has 5 rings (SSSR count). The van der Waals surface area contributed by atoms with Crippen LogP contribution in [0.3, 0.4) is 0 Å². The molecule has 5 heterocycles.